The molecule has 1 aliphatic heterocycles. The van der Waals surface area contributed by atoms with E-state index in [-0.39, 0.29) is 23.9 Å². The van der Waals surface area contributed by atoms with Crippen molar-refractivity contribution in [1.29, 1.82) is 0 Å². The van der Waals surface area contributed by atoms with E-state index in [2.05, 4.69) is 34.6 Å². The average Bonchev–Trinajstić information content (AvgIpc) is 3.00. The molecule has 1 aromatic heterocycles. The number of anilines is 2. The first-order valence-corrected chi connectivity index (χ1v) is 15.7. The number of carbonyl (C=O) groups is 2. The molecule has 0 aliphatic carbocycles. The molecule has 5 rings (SSSR count). The zero-order valence-electron chi connectivity index (χ0n) is 24.8. The molecule has 8 nitrogen and oxygen atoms in total. The van der Waals surface area contributed by atoms with E-state index in [1.807, 2.05) is 47.1 Å². The van der Waals surface area contributed by atoms with Crippen LogP contribution in [0.4, 0.5) is 11.6 Å². The topological polar surface area (TPSA) is 118 Å². The number of nitrogens with zero attached hydrogens (tertiary/aromatic N) is 3. The number of nitrogens with two attached hydrogens (primary N) is 2. The quantitative estimate of drug-likeness (QED) is 0.197. The van der Waals surface area contributed by atoms with Gasteiger partial charge in [-0.15, -0.1) is 0 Å². The Morgan fingerprint density at radius 3 is 2.55 bits per heavy atom. The third-order valence-corrected chi connectivity index (χ3v) is 8.76. The monoisotopic (exact) mass is 632 g/mol. The highest BCUT2D eigenvalue weighted by Crippen LogP contribution is 2.25. The van der Waals surface area contributed by atoms with E-state index < -0.39 is 6.04 Å². The second kappa shape index (κ2) is 14.3. The second-order valence-electron chi connectivity index (χ2n) is 11.5. The number of hydrogen-bond acceptors (Lipinski definition) is 6. The number of piperazine rings is 1. The van der Waals surface area contributed by atoms with Crippen molar-refractivity contribution in [3.05, 3.63) is 100 Å². The molecule has 0 bridgehead atoms. The molecule has 10 heteroatoms. The van der Waals surface area contributed by atoms with E-state index >= 15 is 0 Å². The maximum absolute atomic E-state index is 13.8. The third-order valence-electron chi connectivity index (χ3n) is 8.18. The highest BCUT2D eigenvalue weighted by atomic mass is 35.5. The Morgan fingerprint density at radius 1 is 0.977 bits per heavy atom. The summed E-state index contributed by atoms with van der Waals surface area (Å²) in [5, 5.41) is 6.56. The summed E-state index contributed by atoms with van der Waals surface area (Å²) in [6.45, 7) is 3.47. The minimum atomic E-state index is -0.780. The van der Waals surface area contributed by atoms with Crippen molar-refractivity contribution in [2.75, 3.05) is 30.7 Å². The Balaban J connectivity index is 1.29. The van der Waals surface area contributed by atoms with E-state index in [9.17, 15) is 9.59 Å². The van der Waals surface area contributed by atoms with Crippen molar-refractivity contribution in [1.82, 2.24) is 14.8 Å². The van der Waals surface area contributed by atoms with Gasteiger partial charge in [-0.3, -0.25) is 9.59 Å². The number of amides is 2. The number of nitrogen functional groups attached to an aromatic ring is 1. The van der Waals surface area contributed by atoms with Gasteiger partial charge in [0.2, 0.25) is 11.8 Å². The lowest BCUT2D eigenvalue weighted by molar-refractivity contribution is -0.147. The molecule has 4 aromatic rings. The summed E-state index contributed by atoms with van der Waals surface area (Å²) in [7, 11) is 0. The van der Waals surface area contributed by atoms with Crippen LogP contribution in [0.1, 0.15) is 30.9 Å². The standard InChI is InChI=1S/C34H38Cl2N6O2/c1-22-20-42(34(44)30(37)18-26-13-14-27(35)19-29(26)36)28(8-5-15-39-32-10-4-9-31(38)40-32)21-41(22)33(43)17-23-11-12-24-6-2-3-7-25(24)16-23/h2-4,6-7,9-14,16,19,22,28,30H,5,8,15,17-18,20-21,37H2,1H3,(H3,38,39,40)/t22-,28+,30-/m1/s1. The maximum atomic E-state index is 13.8. The summed E-state index contributed by atoms with van der Waals surface area (Å²) >= 11 is 12.4. The molecule has 44 heavy (non-hydrogen) atoms. The van der Waals surface area contributed by atoms with Gasteiger partial charge in [0, 0.05) is 41.8 Å². The van der Waals surface area contributed by atoms with Crippen LogP contribution in [0.25, 0.3) is 10.8 Å². The van der Waals surface area contributed by atoms with Crippen LogP contribution in [0, 0.1) is 0 Å². The van der Waals surface area contributed by atoms with Gasteiger partial charge in [-0.25, -0.2) is 4.98 Å². The number of carbonyl (C=O) groups excluding carboxylic acids is 2. The molecule has 3 aromatic carbocycles. The van der Waals surface area contributed by atoms with Gasteiger partial charge < -0.3 is 26.6 Å². The summed E-state index contributed by atoms with van der Waals surface area (Å²) in [6, 6.07) is 23.8. The summed E-state index contributed by atoms with van der Waals surface area (Å²) in [4.78, 5) is 35.5. The highest BCUT2D eigenvalue weighted by Gasteiger charge is 2.37. The van der Waals surface area contributed by atoms with Crippen LogP contribution in [0.2, 0.25) is 10.0 Å². The molecule has 0 radical (unpaired) electrons. The molecule has 1 fully saturated rings. The zero-order chi connectivity index (χ0) is 31.2. The summed E-state index contributed by atoms with van der Waals surface area (Å²) in [5.74, 6) is 1.04. The number of benzene rings is 3. The van der Waals surface area contributed by atoms with Gasteiger partial charge in [0.15, 0.2) is 0 Å². The number of halogens is 2. The molecule has 2 heterocycles. The Labute approximate surface area is 268 Å². The number of pyridine rings is 1. The fourth-order valence-electron chi connectivity index (χ4n) is 5.86. The maximum Gasteiger partial charge on any atom is 0.240 e. The smallest absolute Gasteiger partial charge is 0.240 e. The average molecular weight is 634 g/mol. The molecule has 1 aliphatic rings. The highest BCUT2D eigenvalue weighted by molar-refractivity contribution is 6.35. The van der Waals surface area contributed by atoms with Gasteiger partial charge in [-0.2, -0.15) is 0 Å². The van der Waals surface area contributed by atoms with Gasteiger partial charge in [-0.05, 0) is 72.4 Å². The van der Waals surface area contributed by atoms with E-state index in [1.165, 1.54) is 0 Å². The number of aromatic nitrogens is 1. The lowest BCUT2D eigenvalue weighted by Crippen LogP contribution is -2.63. The first-order valence-electron chi connectivity index (χ1n) is 14.9. The molecule has 2 amide bonds. The van der Waals surface area contributed by atoms with Gasteiger partial charge in [0.05, 0.1) is 12.5 Å². The van der Waals surface area contributed by atoms with Crippen LogP contribution in [0.15, 0.2) is 78.9 Å². The summed E-state index contributed by atoms with van der Waals surface area (Å²) < 4.78 is 0. The fraction of sp³-hybridized carbons (Fsp3) is 0.324. The molecule has 230 valence electrons. The van der Waals surface area contributed by atoms with Crippen molar-refractivity contribution < 1.29 is 9.59 Å². The van der Waals surface area contributed by atoms with Crippen LogP contribution in [0.5, 0.6) is 0 Å². The molecule has 3 atom stereocenters. The number of nitrogens with one attached hydrogen (secondary N) is 1. The molecule has 0 unspecified atom stereocenters. The molecule has 0 spiro atoms. The Hall–Kier alpha value is -3.85. The third kappa shape index (κ3) is 7.80. The SMILES string of the molecule is C[C@@H]1CN(C(=O)[C@H](N)Cc2ccc(Cl)cc2Cl)[C@@H](CCCNc2cccc(N)n2)CN1C(=O)Cc1ccc2ccccc2c1. The van der Waals surface area contributed by atoms with Crippen molar-refractivity contribution in [2.45, 2.75) is 50.7 Å². The summed E-state index contributed by atoms with van der Waals surface area (Å²) in [5.41, 5.74) is 14.0. The van der Waals surface area contributed by atoms with Crippen molar-refractivity contribution in [3.63, 3.8) is 0 Å². The van der Waals surface area contributed by atoms with Gasteiger partial charge in [-0.1, -0.05) is 77.8 Å². The van der Waals surface area contributed by atoms with E-state index in [4.69, 9.17) is 34.7 Å². The number of hydrogen-bond donors (Lipinski definition) is 3. The summed E-state index contributed by atoms with van der Waals surface area (Å²) in [6.07, 6.45) is 2.03. The molecular formula is C34H38Cl2N6O2. The van der Waals surface area contributed by atoms with E-state index in [1.54, 1.807) is 24.3 Å². The fourth-order valence-corrected chi connectivity index (χ4v) is 6.34. The predicted octanol–water partition coefficient (Wildman–Crippen LogP) is 5.56. The van der Waals surface area contributed by atoms with Gasteiger partial charge in [0.25, 0.3) is 0 Å². The zero-order valence-corrected chi connectivity index (χ0v) is 26.3. The number of fused-ring (bicyclic) bond motifs is 1. The minimum absolute atomic E-state index is 0.0456. The van der Waals surface area contributed by atoms with Crippen molar-refractivity contribution in [3.8, 4) is 0 Å². The van der Waals surface area contributed by atoms with Crippen molar-refractivity contribution >= 4 is 57.4 Å². The van der Waals surface area contributed by atoms with Crippen LogP contribution in [-0.4, -0.2) is 64.4 Å². The molecule has 1 saturated heterocycles. The van der Waals surface area contributed by atoms with Gasteiger partial charge >= 0.3 is 0 Å². The van der Waals surface area contributed by atoms with Crippen molar-refractivity contribution in [2.24, 2.45) is 5.73 Å². The first kappa shape index (κ1) is 31.6. The second-order valence-corrected chi connectivity index (χ2v) is 12.3. The Morgan fingerprint density at radius 2 is 1.77 bits per heavy atom. The van der Waals surface area contributed by atoms with E-state index in [0.29, 0.717) is 60.6 Å². The number of rotatable bonds is 10. The molecular weight excluding hydrogens is 595 g/mol. The van der Waals surface area contributed by atoms with Crippen LogP contribution < -0.4 is 16.8 Å². The van der Waals surface area contributed by atoms with Crippen LogP contribution in [-0.2, 0) is 22.4 Å². The normalized spacial score (nSPS) is 17.5. The van der Waals surface area contributed by atoms with E-state index in [0.717, 1.165) is 28.3 Å². The minimum Gasteiger partial charge on any atom is -0.384 e. The Bertz CT molecular complexity index is 1630. The molecule has 5 N–H and O–H groups in total. The van der Waals surface area contributed by atoms with Crippen LogP contribution >= 0.6 is 23.2 Å². The Kier molecular flexibility index (Phi) is 10.3. The lowest BCUT2D eigenvalue weighted by atomic mass is 9.98. The van der Waals surface area contributed by atoms with Crippen LogP contribution in [0.3, 0.4) is 0 Å². The predicted molar refractivity (Wildman–Crippen MR) is 179 cm³/mol. The first-order chi connectivity index (χ1) is 21.2. The largest absolute Gasteiger partial charge is 0.384 e. The van der Waals surface area contributed by atoms with Gasteiger partial charge in [0.1, 0.15) is 11.6 Å². The lowest BCUT2D eigenvalue weighted by Gasteiger charge is -2.46. The molecule has 0 saturated carbocycles.